The van der Waals surface area contributed by atoms with E-state index in [1.807, 2.05) is 0 Å². The lowest BCUT2D eigenvalue weighted by molar-refractivity contribution is 0.150. The van der Waals surface area contributed by atoms with Crippen molar-refractivity contribution < 1.29 is 0 Å². The smallest absolute Gasteiger partial charge is 0.00955 e. The maximum Gasteiger partial charge on any atom is 0.00955 e. The zero-order valence-electron chi connectivity index (χ0n) is 14.0. The molecule has 2 fully saturated rings. The van der Waals surface area contributed by atoms with Gasteiger partial charge in [0.15, 0.2) is 0 Å². The van der Waals surface area contributed by atoms with E-state index in [0.29, 0.717) is 0 Å². The van der Waals surface area contributed by atoms with Gasteiger partial charge in [-0.15, -0.1) is 0 Å². The SMILES string of the molecule is c1ccc(-c2ccc([C@@H]3CCCN(C4CCCC4)C3)cc2)cc1. The molecule has 1 nitrogen and oxygen atoms in total. The fraction of sp³-hybridized carbons (Fsp3) is 0.455. The van der Waals surface area contributed by atoms with E-state index in [1.54, 1.807) is 0 Å². The second-order valence-electron chi connectivity index (χ2n) is 7.26. The van der Waals surface area contributed by atoms with Gasteiger partial charge in [0.1, 0.15) is 0 Å². The molecule has 2 aromatic carbocycles. The summed E-state index contributed by atoms with van der Waals surface area (Å²) in [6.45, 7) is 2.60. The first-order chi connectivity index (χ1) is 11.4. The highest BCUT2D eigenvalue weighted by Gasteiger charge is 2.28. The summed E-state index contributed by atoms with van der Waals surface area (Å²) in [5.41, 5.74) is 4.18. The van der Waals surface area contributed by atoms with Gasteiger partial charge in [-0.25, -0.2) is 0 Å². The molecule has 0 radical (unpaired) electrons. The highest BCUT2D eigenvalue weighted by atomic mass is 15.2. The summed E-state index contributed by atoms with van der Waals surface area (Å²) in [5.74, 6) is 0.731. The first-order valence-electron chi connectivity index (χ1n) is 9.29. The van der Waals surface area contributed by atoms with Crippen LogP contribution in [-0.2, 0) is 0 Å². The summed E-state index contributed by atoms with van der Waals surface area (Å²) in [5, 5.41) is 0. The molecule has 1 atom stereocenters. The normalized spacial score (nSPS) is 23.2. The maximum absolute atomic E-state index is 2.78. The Balaban J connectivity index is 1.47. The fourth-order valence-electron chi connectivity index (χ4n) is 4.46. The van der Waals surface area contributed by atoms with Crippen molar-refractivity contribution in [3.8, 4) is 11.1 Å². The van der Waals surface area contributed by atoms with Crippen molar-refractivity contribution in [2.45, 2.75) is 50.5 Å². The van der Waals surface area contributed by atoms with Crippen LogP contribution in [0.2, 0.25) is 0 Å². The third kappa shape index (κ3) is 3.35. The average Bonchev–Trinajstić information content (AvgIpc) is 3.18. The second-order valence-corrected chi connectivity index (χ2v) is 7.26. The topological polar surface area (TPSA) is 3.24 Å². The summed E-state index contributed by atoms with van der Waals surface area (Å²) >= 11 is 0. The molecule has 1 heteroatoms. The predicted molar refractivity (Wildman–Crippen MR) is 97.7 cm³/mol. The number of likely N-dealkylation sites (tertiary alicyclic amines) is 1. The number of rotatable bonds is 3. The number of piperidine rings is 1. The Morgan fingerprint density at radius 1 is 0.696 bits per heavy atom. The van der Waals surface area contributed by atoms with Gasteiger partial charge in [0.2, 0.25) is 0 Å². The van der Waals surface area contributed by atoms with Gasteiger partial charge in [-0.05, 0) is 54.8 Å². The Hall–Kier alpha value is -1.60. The zero-order valence-corrected chi connectivity index (χ0v) is 14.0. The Labute approximate surface area is 140 Å². The fourth-order valence-corrected chi connectivity index (χ4v) is 4.46. The quantitative estimate of drug-likeness (QED) is 0.726. The molecule has 2 aromatic rings. The van der Waals surface area contributed by atoms with Crippen molar-refractivity contribution in [1.29, 1.82) is 0 Å². The van der Waals surface area contributed by atoms with E-state index in [-0.39, 0.29) is 0 Å². The third-order valence-electron chi connectivity index (χ3n) is 5.78. The van der Waals surface area contributed by atoms with Crippen LogP contribution < -0.4 is 0 Å². The van der Waals surface area contributed by atoms with Gasteiger partial charge < -0.3 is 0 Å². The van der Waals surface area contributed by atoms with Crippen LogP contribution in [0.5, 0.6) is 0 Å². The van der Waals surface area contributed by atoms with Gasteiger partial charge in [0.25, 0.3) is 0 Å². The van der Waals surface area contributed by atoms with Crippen molar-refractivity contribution in [3.63, 3.8) is 0 Å². The van der Waals surface area contributed by atoms with E-state index in [1.165, 1.54) is 68.3 Å². The predicted octanol–water partition coefficient (Wildman–Crippen LogP) is 5.48. The van der Waals surface area contributed by atoms with E-state index >= 15 is 0 Å². The number of hydrogen-bond acceptors (Lipinski definition) is 1. The van der Waals surface area contributed by atoms with Gasteiger partial charge in [-0.2, -0.15) is 0 Å². The van der Waals surface area contributed by atoms with Crippen LogP contribution in [-0.4, -0.2) is 24.0 Å². The zero-order chi connectivity index (χ0) is 15.5. The first kappa shape index (κ1) is 15.0. The van der Waals surface area contributed by atoms with E-state index < -0.39 is 0 Å². The summed E-state index contributed by atoms with van der Waals surface area (Å²) < 4.78 is 0. The van der Waals surface area contributed by atoms with Crippen LogP contribution in [0.15, 0.2) is 54.6 Å². The number of nitrogens with zero attached hydrogens (tertiary/aromatic N) is 1. The van der Waals surface area contributed by atoms with E-state index in [2.05, 4.69) is 59.5 Å². The van der Waals surface area contributed by atoms with Crippen molar-refractivity contribution in [3.05, 3.63) is 60.2 Å². The number of benzene rings is 2. The van der Waals surface area contributed by atoms with E-state index in [4.69, 9.17) is 0 Å². The molecule has 4 rings (SSSR count). The van der Waals surface area contributed by atoms with Gasteiger partial charge in [-0.1, -0.05) is 67.4 Å². The summed E-state index contributed by atoms with van der Waals surface area (Å²) in [7, 11) is 0. The van der Waals surface area contributed by atoms with Crippen molar-refractivity contribution in [2.24, 2.45) is 0 Å². The van der Waals surface area contributed by atoms with Crippen LogP contribution >= 0.6 is 0 Å². The molecule has 1 saturated carbocycles. The summed E-state index contributed by atoms with van der Waals surface area (Å²) in [6.07, 6.45) is 8.46. The van der Waals surface area contributed by atoms with Gasteiger partial charge in [0, 0.05) is 12.6 Å². The lowest BCUT2D eigenvalue weighted by Crippen LogP contribution is -2.40. The molecule has 1 saturated heterocycles. The minimum absolute atomic E-state index is 0.731. The van der Waals surface area contributed by atoms with E-state index in [9.17, 15) is 0 Å². The molecule has 1 aliphatic heterocycles. The molecule has 0 bridgehead atoms. The molecule has 0 aromatic heterocycles. The molecule has 0 N–H and O–H groups in total. The lowest BCUT2D eigenvalue weighted by atomic mass is 9.88. The van der Waals surface area contributed by atoms with Crippen LogP contribution in [0.1, 0.15) is 50.0 Å². The Morgan fingerprint density at radius 3 is 2.13 bits per heavy atom. The minimum Gasteiger partial charge on any atom is -0.300 e. The Bertz CT molecular complexity index is 610. The monoisotopic (exact) mass is 305 g/mol. The van der Waals surface area contributed by atoms with Crippen LogP contribution in [0.3, 0.4) is 0 Å². The Morgan fingerprint density at radius 2 is 1.39 bits per heavy atom. The van der Waals surface area contributed by atoms with Crippen molar-refractivity contribution >= 4 is 0 Å². The first-order valence-corrected chi connectivity index (χ1v) is 9.29. The molecule has 1 aliphatic carbocycles. The highest BCUT2D eigenvalue weighted by Crippen LogP contribution is 2.33. The lowest BCUT2D eigenvalue weighted by Gasteiger charge is -2.37. The van der Waals surface area contributed by atoms with E-state index in [0.717, 1.165) is 12.0 Å². The molecule has 0 spiro atoms. The molecule has 0 unspecified atom stereocenters. The average molecular weight is 305 g/mol. The molecular formula is C22H27N. The van der Waals surface area contributed by atoms with Crippen molar-refractivity contribution in [1.82, 2.24) is 4.90 Å². The second kappa shape index (κ2) is 6.88. The largest absolute Gasteiger partial charge is 0.300 e. The Kier molecular flexibility index (Phi) is 4.48. The van der Waals surface area contributed by atoms with Gasteiger partial charge in [-0.3, -0.25) is 4.90 Å². The number of hydrogen-bond donors (Lipinski definition) is 0. The summed E-state index contributed by atoms with van der Waals surface area (Å²) in [4.78, 5) is 2.78. The molecule has 0 amide bonds. The molecule has 1 heterocycles. The van der Waals surface area contributed by atoms with Gasteiger partial charge in [0.05, 0.1) is 0 Å². The highest BCUT2D eigenvalue weighted by molar-refractivity contribution is 5.63. The standard InChI is InChI=1S/C22H27N/c1-2-7-18(8-3-1)19-12-14-20(15-13-19)21-9-6-16-23(17-21)22-10-4-5-11-22/h1-3,7-8,12-15,21-22H,4-6,9-11,16-17H2/t21-/m1/s1. The van der Waals surface area contributed by atoms with Crippen molar-refractivity contribution in [2.75, 3.05) is 13.1 Å². The van der Waals surface area contributed by atoms with Crippen LogP contribution in [0.25, 0.3) is 11.1 Å². The molecule has 23 heavy (non-hydrogen) atoms. The third-order valence-corrected chi connectivity index (χ3v) is 5.78. The van der Waals surface area contributed by atoms with Crippen LogP contribution in [0, 0.1) is 0 Å². The molecule has 120 valence electrons. The summed E-state index contributed by atoms with van der Waals surface area (Å²) in [6, 6.07) is 20.9. The van der Waals surface area contributed by atoms with Gasteiger partial charge >= 0.3 is 0 Å². The van der Waals surface area contributed by atoms with Crippen LogP contribution in [0.4, 0.5) is 0 Å². The maximum atomic E-state index is 2.78. The minimum atomic E-state index is 0.731. The molecular weight excluding hydrogens is 278 g/mol. The molecule has 2 aliphatic rings.